The maximum Gasteiger partial charge on any atom is 0.337 e. The van der Waals surface area contributed by atoms with Gasteiger partial charge in [-0.05, 0) is 18.1 Å². The third-order valence-corrected chi connectivity index (χ3v) is 1.93. The molecule has 0 atom stereocenters. The minimum absolute atomic E-state index is 0.0318. The molecule has 0 fully saturated rings. The first kappa shape index (κ1) is 11.5. The van der Waals surface area contributed by atoms with Crippen molar-refractivity contribution < 1.29 is 14.3 Å². The van der Waals surface area contributed by atoms with Gasteiger partial charge in [-0.15, -0.1) is 0 Å². The highest BCUT2D eigenvalue weighted by Crippen LogP contribution is 2.20. The van der Waals surface area contributed by atoms with Gasteiger partial charge >= 0.3 is 5.97 Å². The fraction of sp³-hybridized carbons (Fsp3) is 0.364. The van der Waals surface area contributed by atoms with Crippen molar-refractivity contribution in [2.24, 2.45) is 5.92 Å². The Labute approximate surface area is 87.9 Å². The van der Waals surface area contributed by atoms with Crippen LogP contribution in [0.4, 0.5) is 10.1 Å². The van der Waals surface area contributed by atoms with E-state index in [0.29, 0.717) is 12.5 Å². The lowest BCUT2D eigenvalue weighted by molar-refractivity contribution is 0.0697. The predicted molar refractivity (Wildman–Crippen MR) is 56.7 cm³/mol. The molecule has 0 saturated heterocycles. The van der Waals surface area contributed by atoms with E-state index in [2.05, 4.69) is 5.32 Å². The number of aromatic carboxylic acids is 1. The number of carbonyl (C=O) groups is 1. The number of carboxylic acid groups (broad SMARTS) is 1. The molecule has 82 valence electrons. The van der Waals surface area contributed by atoms with E-state index in [1.165, 1.54) is 18.2 Å². The molecular formula is C11H14FNO2. The second-order valence-electron chi connectivity index (χ2n) is 3.74. The molecule has 4 heteroatoms. The monoisotopic (exact) mass is 211 g/mol. The van der Waals surface area contributed by atoms with Crippen LogP contribution in [0.1, 0.15) is 24.2 Å². The average Bonchev–Trinajstić information content (AvgIpc) is 2.15. The van der Waals surface area contributed by atoms with Crippen LogP contribution in [0.3, 0.4) is 0 Å². The van der Waals surface area contributed by atoms with Gasteiger partial charge in [0, 0.05) is 6.54 Å². The van der Waals surface area contributed by atoms with Crippen molar-refractivity contribution in [3.05, 3.63) is 29.6 Å². The fourth-order valence-electron chi connectivity index (χ4n) is 1.19. The minimum Gasteiger partial charge on any atom is -0.478 e. The van der Waals surface area contributed by atoms with Crippen LogP contribution in [0.15, 0.2) is 18.2 Å². The highest BCUT2D eigenvalue weighted by Gasteiger charge is 2.13. The van der Waals surface area contributed by atoms with Gasteiger partial charge in [-0.25, -0.2) is 9.18 Å². The molecule has 2 N–H and O–H groups in total. The molecule has 0 aliphatic carbocycles. The number of para-hydroxylation sites is 1. The summed E-state index contributed by atoms with van der Waals surface area (Å²) >= 11 is 0. The number of carboxylic acids is 1. The molecule has 0 unspecified atom stereocenters. The second kappa shape index (κ2) is 4.77. The van der Waals surface area contributed by atoms with Crippen LogP contribution in [0.2, 0.25) is 0 Å². The summed E-state index contributed by atoms with van der Waals surface area (Å²) in [6.07, 6.45) is 0. The number of hydrogen-bond acceptors (Lipinski definition) is 2. The molecular weight excluding hydrogens is 197 g/mol. The van der Waals surface area contributed by atoms with Gasteiger partial charge in [-0.3, -0.25) is 0 Å². The van der Waals surface area contributed by atoms with E-state index < -0.39 is 11.8 Å². The summed E-state index contributed by atoms with van der Waals surface area (Å²) in [5, 5.41) is 11.7. The molecule has 1 aromatic rings. The smallest absolute Gasteiger partial charge is 0.337 e. The van der Waals surface area contributed by atoms with Crippen molar-refractivity contribution in [2.45, 2.75) is 13.8 Å². The van der Waals surface area contributed by atoms with Gasteiger partial charge in [0.05, 0.1) is 11.3 Å². The van der Waals surface area contributed by atoms with E-state index in [9.17, 15) is 9.18 Å². The molecule has 0 aromatic heterocycles. The molecule has 0 radical (unpaired) electrons. The first-order valence-electron chi connectivity index (χ1n) is 4.78. The summed E-state index contributed by atoms with van der Waals surface area (Å²) in [5.41, 5.74) is 0.0364. The first-order valence-corrected chi connectivity index (χ1v) is 4.78. The van der Waals surface area contributed by atoms with Gasteiger partial charge in [0.25, 0.3) is 0 Å². The third kappa shape index (κ3) is 2.94. The molecule has 0 saturated carbocycles. The van der Waals surface area contributed by atoms with Crippen LogP contribution < -0.4 is 5.32 Å². The van der Waals surface area contributed by atoms with Crippen LogP contribution in [-0.4, -0.2) is 17.6 Å². The standard InChI is InChI=1S/C11H14FNO2/c1-7(2)6-13-10-8(11(14)15)4-3-5-9(10)12/h3-5,7,13H,6H2,1-2H3,(H,14,15). The molecule has 0 aliphatic rings. The predicted octanol–water partition coefficient (Wildman–Crippen LogP) is 2.59. The number of benzene rings is 1. The Hall–Kier alpha value is -1.58. The van der Waals surface area contributed by atoms with Crippen LogP contribution in [0.25, 0.3) is 0 Å². The molecule has 3 nitrogen and oxygen atoms in total. The lowest BCUT2D eigenvalue weighted by atomic mass is 10.1. The number of rotatable bonds is 4. The molecule has 0 amide bonds. The zero-order valence-corrected chi connectivity index (χ0v) is 8.75. The van der Waals surface area contributed by atoms with Gasteiger partial charge in [0.2, 0.25) is 0 Å². The summed E-state index contributed by atoms with van der Waals surface area (Å²) in [5.74, 6) is -1.33. The van der Waals surface area contributed by atoms with Gasteiger partial charge in [0.15, 0.2) is 0 Å². The largest absolute Gasteiger partial charge is 0.478 e. The Morgan fingerprint density at radius 2 is 2.20 bits per heavy atom. The lowest BCUT2D eigenvalue weighted by Gasteiger charge is -2.12. The summed E-state index contributed by atoms with van der Waals surface area (Å²) < 4.78 is 13.3. The molecule has 1 aromatic carbocycles. The second-order valence-corrected chi connectivity index (χ2v) is 3.74. The summed E-state index contributed by atoms with van der Waals surface area (Å²) in [6.45, 7) is 4.48. The van der Waals surface area contributed by atoms with Crippen LogP contribution in [0, 0.1) is 11.7 Å². The van der Waals surface area contributed by atoms with Crippen molar-refractivity contribution in [3.8, 4) is 0 Å². The summed E-state index contributed by atoms with van der Waals surface area (Å²) in [4.78, 5) is 10.8. The topological polar surface area (TPSA) is 49.3 Å². The van der Waals surface area contributed by atoms with E-state index in [1.54, 1.807) is 0 Å². The number of hydrogen-bond donors (Lipinski definition) is 2. The zero-order chi connectivity index (χ0) is 11.4. The lowest BCUT2D eigenvalue weighted by Crippen LogP contribution is -2.13. The van der Waals surface area contributed by atoms with Crippen molar-refractivity contribution in [1.29, 1.82) is 0 Å². The molecule has 1 rings (SSSR count). The maximum absolute atomic E-state index is 13.3. The van der Waals surface area contributed by atoms with Gasteiger partial charge in [-0.1, -0.05) is 19.9 Å². The quantitative estimate of drug-likeness (QED) is 0.804. The Bertz CT molecular complexity index is 364. The molecule has 0 bridgehead atoms. The van der Waals surface area contributed by atoms with Crippen LogP contribution in [-0.2, 0) is 0 Å². The average molecular weight is 211 g/mol. The van der Waals surface area contributed by atoms with E-state index >= 15 is 0 Å². The molecule has 0 spiro atoms. The van der Waals surface area contributed by atoms with E-state index in [-0.39, 0.29) is 11.3 Å². The van der Waals surface area contributed by atoms with E-state index in [1.807, 2.05) is 13.8 Å². The molecule has 15 heavy (non-hydrogen) atoms. The van der Waals surface area contributed by atoms with Crippen LogP contribution in [0.5, 0.6) is 0 Å². The molecule has 0 aliphatic heterocycles. The van der Waals surface area contributed by atoms with Crippen LogP contribution >= 0.6 is 0 Å². The van der Waals surface area contributed by atoms with Gasteiger partial charge in [0.1, 0.15) is 5.82 Å². The Balaban J connectivity index is 2.97. The number of anilines is 1. The van der Waals surface area contributed by atoms with Gasteiger partial charge < -0.3 is 10.4 Å². The maximum atomic E-state index is 13.3. The highest BCUT2D eigenvalue weighted by atomic mass is 19.1. The number of halogens is 1. The highest BCUT2D eigenvalue weighted by molar-refractivity contribution is 5.94. The van der Waals surface area contributed by atoms with Gasteiger partial charge in [-0.2, -0.15) is 0 Å². The minimum atomic E-state index is -1.12. The van der Waals surface area contributed by atoms with Crippen molar-refractivity contribution in [3.63, 3.8) is 0 Å². The van der Waals surface area contributed by atoms with Crippen molar-refractivity contribution in [2.75, 3.05) is 11.9 Å². The van der Waals surface area contributed by atoms with Crippen molar-refractivity contribution >= 4 is 11.7 Å². The first-order chi connectivity index (χ1) is 7.02. The fourth-order valence-corrected chi connectivity index (χ4v) is 1.19. The SMILES string of the molecule is CC(C)CNc1c(F)cccc1C(=O)O. The van der Waals surface area contributed by atoms with E-state index in [4.69, 9.17) is 5.11 Å². The third-order valence-electron chi connectivity index (χ3n) is 1.93. The Morgan fingerprint density at radius 1 is 1.53 bits per heavy atom. The van der Waals surface area contributed by atoms with E-state index in [0.717, 1.165) is 0 Å². The van der Waals surface area contributed by atoms with Crippen molar-refractivity contribution in [1.82, 2.24) is 0 Å². The summed E-state index contributed by atoms with van der Waals surface area (Å²) in [7, 11) is 0. The Morgan fingerprint density at radius 3 is 2.73 bits per heavy atom. The normalized spacial score (nSPS) is 10.4. The zero-order valence-electron chi connectivity index (χ0n) is 8.75. The number of nitrogens with one attached hydrogen (secondary N) is 1. The Kier molecular flexibility index (Phi) is 3.66. The summed E-state index contributed by atoms with van der Waals surface area (Å²) in [6, 6.07) is 4.02. The molecule has 0 heterocycles.